The minimum Gasteiger partial charge on any atom is -0.507 e. The molecule has 0 aliphatic carbocycles. The SMILES string of the molecule is COc1cc(C2C(=C(O)c3ccc(C)cc3)C(=O)C(=O)N2c2nc(C)c(C)s2)cc(OC)c1OC. The fourth-order valence-electron chi connectivity index (χ4n) is 4.03. The Hall–Kier alpha value is -3.85. The van der Waals surface area contributed by atoms with Crippen LogP contribution in [0.15, 0.2) is 42.0 Å². The number of amides is 1. The van der Waals surface area contributed by atoms with Crippen LogP contribution in [-0.4, -0.2) is 43.1 Å². The Morgan fingerprint density at radius 3 is 2.06 bits per heavy atom. The van der Waals surface area contributed by atoms with Crippen molar-refractivity contribution in [3.63, 3.8) is 0 Å². The van der Waals surface area contributed by atoms with Gasteiger partial charge in [0.2, 0.25) is 5.75 Å². The summed E-state index contributed by atoms with van der Waals surface area (Å²) in [7, 11) is 4.46. The summed E-state index contributed by atoms with van der Waals surface area (Å²) in [6.07, 6.45) is 0. The molecule has 2 aromatic carbocycles. The van der Waals surface area contributed by atoms with Gasteiger partial charge in [-0.15, -0.1) is 11.3 Å². The first-order valence-electron chi connectivity index (χ1n) is 10.8. The third-order valence-corrected chi connectivity index (χ3v) is 7.07. The first kappa shape index (κ1) is 24.3. The summed E-state index contributed by atoms with van der Waals surface area (Å²) in [5.41, 5.74) is 2.64. The Morgan fingerprint density at radius 2 is 1.57 bits per heavy atom. The smallest absolute Gasteiger partial charge is 0.301 e. The molecule has 0 radical (unpaired) electrons. The van der Waals surface area contributed by atoms with E-state index in [0.29, 0.717) is 33.5 Å². The molecule has 1 aliphatic heterocycles. The lowest BCUT2D eigenvalue weighted by atomic mass is 9.94. The molecule has 3 aromatic rings. The second-order valence-corrected chi connectivity index (χ2v) is 9.31. The zero-order chi connectivity index (χ0) is 25.4. The number of thiazole rings is 1. The lowest BCUT2D eigenvalue weighted by Gasteiger charge is -2.24. The summed E-state index contributed by atoms with van der Waals surface area (Å²) < 4.78 is 16.4. The number of aryl methyl sites for hydroxylation is 3. The van der Waals surface area contributed by atoms with Crippen molar-refractivity contribution in [2.24, 2.45) is 0 Å². The van der Waals surface area contributed by atoms with E-state index in [0.717, 1.165) is 16.1 Å². The van der Waals surface area contributed by atoms with Crippen LogP contribution >= 0.6 is 11.3 Å². The zero-order valence-corrected chi connectivity index (χ0v) is 21.1. The largest absolute Gasteiger partial charge is 0.507 e. The van der Waals surface area contributed by atoms with E-state index in [9.17, 15) is 14.7 Å². The van der Waals surface area contributed by atoms with Crippen molar-refractivity contribution in [3.05, 3.63) is 69.2 Å². The van der Waals surface area contributed by atoms with Gasteiger partial charge in [-0.2, -0.15) is 0 Å². The number of hydrogen-bond acceptors (Lipinski definition) is 8. The number of rotatable bonds is 6. The van der Waals surface area contributed by atoms with Gasteiger partial charge in [0.05, 0.1) is 38.6 Å². The number of hydrogen-bond donors (Lipinski definition) is 1. The summed E-state index contributed by atoms with van der Waals surface area (Å²) in [6.45, 7) is 5.66. The van der Waals surface area contributed by atoms with E-state index < -0.39 is 17.7 Å². The van der Waals surface area contributed by atoms with Gasteiger partial charge in [-0.25, -0.2) is 4.98 Å². The van der Waals surface area contributed by atoms with E-state index >= 15 is 0 Å². The summed E-state index contributed by atoms with van der Waals surface area (Å²) in [4.78, 5) is 33.5. The second-order valence-electron chi connectivity index (χ2n) is 8.13. The third-order valence-electron chi connectivity index (χ3n) is 6.00. The highest BCUT2D eigenvalue weighted by atomic mass is 32.1. The van der Waals surface area contributed by atoms with E-state index in [1.807, 2.05) is 32.9 Å². The number of aliphatic hydroxyl groups excluding tert-OH is 1. The molecule has 0 bridgehead atoms. The quantitative estimate of drug-likeness (QED) is 0.301. The van der Waals surface area contributed by atoms with Crippen molar-refractivity contribution >= 4 is 33.9 Å². The van der Waals surface area contributed by atoms with Crippen LogP contribution in [0, 0.1) is 20.8 Å². The number of ketones is 1. The number of carbonyl (C=O) groups excluding carboxylic acids is 2. The Labute approximate surface area is 207 Å². The monoisotopic (exact) mass is 494 g/mol. The molecule has 8 nitrogen and oxygen atoms in total. The van der Waals surface area contributed by atoms with Crippen LogP contribution in [0.1, 0.15) is 33.3 Å². The van der Waals surface area contributed by atoms with E-state index in [4.69, 9.17) is 14.2 Å². The van der Waals surface area contributed by atoms with Crippen LogP contribution in [0.4, 0.5) is 5.13 Å². The van der Waals surface area contributed by atoms with Crippen LogP contribution in [-0.2, 0) is 9.59 Å². The van der Waals surface area contributed by atoms with Gasteiger partial charge >= 0.3 is 5.91 Å². The number of carbonyl (C=O) groups is 2. The summed E-state index contributed by atoms with van der Waals surface area (Å²) in [6, 6.07) is 9.45. The normalized spacial score (nSPS) is 17.1. The van der Waals surface area contributed by atoms with Gasteiger partial charge in [0, 0.05) is 10.4 Å². The molecule has 1 unspecified atom stereocenters. The van der Waals surface area contributed by atoms with Gasteiger partial charge in [0.1, 0.15) is 5.76 Å². The molecule has 4 rings (SSSR count). The number of aromatic nitrogens is 1. The molecular formula is C26H26N2O6S. The molecule has 0 saturated carbocycles. The molecule has 1 aliphatic rings. The first-order valence-corrected chi connectivity index (χ1v) is 11.6. The molecule has 182 valence electrons. The molecule has 35 heavy (non-hydrogen) atoms. The predicted molar refractivity (Wildman–Crippen MR) is 134 cm³/mol. The average molecular weight is 495 g/mol. The molecule has 1 N–H and O–H groups in total. The second kappa shape index (κ2) is 9.42. The molecule has 2 heterocycles. The van der Waals surface area contributed by atoms with Gasteiger partial charge in [-0.1, -0.05) is 29.8 Å². The Bertz CT molecular complexity index is 1300. The Kier molecular flexibility index (Phi) is 6.53. The molecular weight excluding hydrogens is 468 g/mol. The topological polar surface area (TPSA) is 98.2 Å². The maximum atomic E-state index is 13.4. The van der Waals surface area contributed by atoms with Crippen molar-refractivity contribution in [1.29, 1.82) is 0 Å². The van der Waals surface area contributed by atoms with Crippen LogP contribution < -0.4 is 19.1 Å². The third kappa shape index (κ3) is 4.12. The number of anilines is 1. The number of nitrogens with zero attached hydrogens (tertiary/aromatic N) is 2. The van der Waals surface area contributed by atoms with E-state index in [-0.39, 0.29) is 11.3 Å². The first-order chi connectivity index (χ1) is 16.7. The van der Waals surface area contributed by atoms with Crippen molar-refractivity contribution < 1.29 is 28.9 Å². The van der Waals surface area contributed by atoms with Crippen molar-refractivity contribution in [1.82, 2.24) is 4.98 Å². The number of methoxy groups -OCH3 is 3. The maximum absolute atomic E-state index is 13.4. The van der Waals surface area contributed by atoms with Crippen LogP contribution in [0.25, 0.3) is 5.76 Å². The van der Waals surface area contributed by atoms with Gasteiger partial charge in [-0.3, -0.25) is 14.5 Å². The van der Waals surface area contributed by atoms with E-state index in [1.165, 1.54) is 37.6 Å². The van der Waals surface area contributed by atoms with Gasteiger partial charge in [0.15, 0.2) is 16.6 Å². The number of benzene rings is 2. The highest BCUT2D eigenvalue weighted by Crippen LogP contribution is 2.47. The molecule has 1 amide bonds. The summed E-state index contributed by atoms with van der Waals surface area (Å²) >= 11 is 1.31. The average Bonchev–Trinajstić information content (AvgIpc) is 3.32. The highest BCUT2D eigenvalue weighted by molar-refractivity contribution is 7.16. The van der Waals surface area contributed by atoms with Crippen LogP contribution in [0.3, 0.4) is 0 Å². The molecule has 1 saturated heterocycles. The molecule has 1 atom stereocenters. The van der Waals surface area contributed by atoms with E-state index in [1.54, 1.807) is 24.3 Å². The van der Waals surface area contributed by atoms with Crippen molar-refractivity contribution in [3.8, 4) is 17.2 Å². The maximum Gasteiger partial charge on any atom is 0.301 e. The van der Waals surface area contributed by atoms with Crippen molar-refractivity contribution in [2.75, 3.05) is 26.2 Å². The molecule has 1 aromatic heterocycles. The number of aliphatic hydroxyl groups is 1. The lowest BCUT2D eigenvalue weighted by molar-refractivity contribution is -0.132. The Morgan fingerprint density at radius 1 is 0.971 bits per heavy atom. The fourth-order valence-corrected chi connectivity index (χ4v) is 4.97. The summed E-state index contributed by atoms with van der Waals surface area (Å²) in [5.74, 6) is -0.758. The predicted octanol–water partition coefficient (Wildman–Crippen LogP) is 4.72. The minimum absolute atomic E-state index is 0.0429. The molecule has 9 heteroatoms. The van der Waals surface area contributed by atoms with Crippen molar-refractivity contribution in [2.45, 2.75) is 26.8 Å². The van der Waals surface area contributed by atoms with Gasteiger partial charge in [-0.05, 0) is 38.5 Å². The highest BCUT2D eigenvalue weighted by Gasteiger charge is 2.48. The van der Waals surface area contributed by atoms with E-state index in [2.05, 4.69) is 4.98 Å². The zero-order valence-electron chi connectivity index (χ0n) is 20.3. The fraction of sp³-hybridized carbons (Fsp3) is 0.269. The number of Topliss-reactive ketones (excluding diaryl/α,β-unsaturated/α-hetero) is 1. The summed E-state index contributed by atoms with van der Waals surface area (Å²) in [5, 5.41) is 11.6. The van der Waals surface area contributed by atoms with Crippen LogP contribution in [0.5, 0.6) is 17.2 Å². The lowest BCUT2D eigenvalue weighted by Crippen LogP contribution is -2.29. The number of ether oxygens (including phenoxy) is 3. The van der Waals surface area contributed by atoms with Gasteiger partial charge < -0.3 is 19.3 Å². The molecule has 0 spiro atoms. The van der Waals surface area contributed by atoms with Crippen LogP contribution in [0.2, 0.25) is 0 Å². The Balaban J connectivity index is 2.01. The standard InChI is InChI=1S/C26H26N2O6S/c1-13-7-9-16(10-8-13)22(29)20-21(17-11-18(32-4)24(34-6)19(12-17)33-5)28(25(31)23(20)30)26-27-14(2)15(3)35-26/h7-12,21,29H,1-6H3. The van der Waals surface area contributed by atoms with Gasteiger partial charge in [0.25, 0.3) is 5.78 Å². The molecule has 1 fully saturated rings. The minimum atomic E-state index is -0.963.